The summed E-state index contributed by atoms with van der Waals surface area (Å²) in [5, 5.41) is 9.48. The van der Waals surface area contributed by atoms with Gasteiger partial charge in [0.05, 0.1) is 26.8 Å². The Morgan fingerprint density at radius 1 is 0.500 bits per heavy atom. The Hall–Kier alpha value is -6.76. The molecule has 0 N–H and O–H groups in total. The molecule has 6 heterocycles. The molecule has 5 nitrogen and oxygen atoms in total. The molecule has 0 saturated heterocycles. The van der Waals surface area contributed by atoms with Gasteiger partial charge >= 0.3 is 0 Å². The second-order valence-corrected chi connectivity index (χ2v) is 15.4. The fourth-order valence-corrected chi connectivity index (χ4v) is 9.97. The van der Waals surface area contributed by atoms with Gasteiger partial charge in [-0.2, -0.15) is 0 Å². The average Bonchev–Trinajstić information content (AvgIpc) is 3.95. The molecule has 0 aliphatic rings. The van der Waals surface area contributed by atoms with E-state index >= 15 is 0 Å². The maximum atomic E-state index is 6.54. The highest BCUT2D eigenvalue weighted by atomic mass is 32.1. The Bertz CT molecular complexity index is 3540. The molecular formula is C48H30N4OS. The van der Waals surface area contributed by atoms with E-state index in [1.54, 1.807) is 0 Å². The number of aryl methyl sites for hydroxylation is 2. The van der Waals surface area contributed by atoms with Crippen molar-refractivity contribution in [3.63, 3.8) is 0 Å². The van der Waals surface area contributed by atoms with Crippen LogP contribution in [0.5, 0.6) is 0 Å². The van der Waals surface area contributed by atoms with Crippen molar-refractivity contribution in [1.29, 1.82) is 0 Å². The van der Waals surface area contributed by atoms with Crippen LogP contribution < -0.4 is 0 Å². The highest BCUT2D eigenvalue weighted by Crippen LogP contribution is 2.43. The van der Waals surface area contributed by atoms with Gasteiger partial charge in [-0.15, -0.1) is 11.3 Å². The summed E-state index contributed by atoms with van der Waals surface area (Å²) >= 11 is 1.82. The molecule has 12 rings (SSSR count). The highest BCUT2D eigenvalue weighted by Gasteiger charge is 2.22. The van der Waals surface area contributed by atoms with Crippen molar-refractivity contribution in [3.05, 3.63) is 157 Å². The van der Waals surface area contributed by atoms with Gasteiger partial charge in [-0.05, 0) is 97.3 Å². The minimum atomic E-state index is 0.787. The van der Waals surface area contributed by atoms with Crippen molar-refractivity contribution in [2.24, 2.45) is 0 Å². The fourth-order valence-electron chi connectivity index (χ4n) is 8.79. The Morgan fingerprint density at radius 3 is 2.06 bits per heavy atom. The van der Waals surface area contributed by atoms with Crippen molar-refractivity contribution in [3.8, 4) is 22.8 Å². The molecule has 6 heteroatoms. The van der Waals surface area contributed by atoms with Crippen LogP contribution in [0.3, 0.4) is 0 Å². The minimum absolute atomic E-state index is 0.787. The predicted octanol–water partition coefficient (Wildman–Crippen LogP) is 13.2. The molecular weight excluding hydrogens is 681 g/mol. The molecule has 0 saturated carbocycles. The van der Waals surface area contributed by atoms with Gasteiger partial charge in [-0.1, -0.05) is 72.3 Å². The van der Waals surface area contributed by atoms with E-state index < -0.39 is 0 Å². The molecule has 254 valence electrons. The third-order valence-electron chi connectivity index (χ3n) is 11.2. The monoisotopic (exact) mass is 710 g/mol. The second kappa shape index (κ2) is 10.9. The van der Waals surface area contributed by atoms with Crippen LogP contribution in [0.4, 0.5) is 0 Å². The van der Waals surface area contributed by atoms with Gasteiger partial charge in [-0.25, -0.2) is 9.97 Å². The lowest BCUT2D eigenvalue weighted by atomic mass is 9.96. The lowest BCUT2D eigenvalue weighted by Gasteiger charge is -2.12. The molecule has 0 unspecified atom stereocenters. The Labute approximate surface area is 312 Å². The maximum Gasteiger partial charge on any atom is 0.181 e. The molecule has 0 fully saturated rings. The standard InChI is InChI=1S/C48H30N4OS/c1-27-15-17-40-36(23-27)38-25-29(16-18-41(38)51(40)48-46-34(20-22-50-48)32-11-5-8-14-44(32)54-46)35-26-42-37(24-28(35)2)30-9-3-6-12-39(30)52(42)47-45-33(19-21-49-47)31-10-4-7-13-43(31)53-45/h3-26H,1-2H3. The van der Waals surface area contributed by atoms with E-state index in [1.165, 1.54) is 64.0 Å². The Kier molecular flexibility index (Phi) is 6.00. The minimum Gasteiger partial charge on any atom is -0.452 e. The maximum absolute atomic E-state index is 6.54. The van der Waals surface area contributed by atoms with E-state index in [2.05, 4.69) is 144 Å². The molecule has 0 amide bonds. The first kappa shape index (κ1) is 29.8. The number of rotatable bonds is 3. The molecule has 0 spiro atoms. The molecule has 6 aromatic carbocycles. The molecule has 0 aliphatic carbocycles. The second-order valence-electron chi connectivity index (χ2n) is 14.3. The van der Waals surface area contributed by atoms with Gasteiger partial charge < -0.3 is 4.42 Å². The zero-order valence-electron chi connectivity index (χ0n) is 29.5. The fraction of sp³-hybridized carbons (Fsp3) is 0.0417. The van der Waals surface area contributed by atoms with Crippen LogP contribution in [-0.2, 0) is 0 Å². The number of thiophene rings is 1. The number of aromatic nitrogens is 4. The summed E-state index contributed by atoms with van der Waals surface area (Å²) in [6, 6.07) is 48.1. The molecule has 6 aromatic heterocycles. The van der Waals surface area contributed by atoms with Crippen LogP contribution in [0.1, 0.15) is 11.1 Å². The lowest BCUT2D eigenvalue weighted by Crippen LogP contribution is -1.98. The normalized spacial score (nSPS) is 12.3. The van der Waals surface area contributed by atoms with Crippen LogP contribution in [0.25, 0.3) is 108 Å². The Balaban J connectivity index is 1.12. The van der Waals surface area contributed by atoms with Crippen molar-refractivity contribution < 1.29 is 4.42 Å². The van der Waals surface area contributed by atoms with Gasteiger partial charge in [0.25, 0.3) is 0 Å². The van der Waals surface area contributed by atoms with Crippen molar-refractivity contribution in [2.75, 3.05) is 0 Å². The smallest absolute Gasteiger partial charge is 0.181 e. The van der Waals surface area contributed by atoms with Crippen LogP contribution in [0, 0.1) is 13.8 Å². The molecule has 0 atom stereocenters. The quantitative estimate of drug-likeness (QED) is 0.183. The van der Waals surface area contributed by atoms with E-state index in [1.807, 2.05) is 35.9 Å². The summed E-state index contributed by atoms with van der Waals surface area (Å²) in [4.78, 5) is 10.0. The number of para-hydroxylation sites is 2. The molecule has 0 aliphatic heterocycles. The highest BCUT2D eigenvalue weighted by molar-refractivity contribution is 7.26. The molecule has 54 heavy (non-hydrogen) atoms. The van der Waals surface area contributed by atoms with E-state index in [-0.39, 0.29) is 0 Å². The Morgan fingerprint density at radius 2 is 1.17 bits per heavy atom. The topological polar surface area (TPSA) is 48.8 Å². The summed E-state index contributed by atoms with van der Waals surface area (Å²) in [6.07, 6.45) is 3.85. The first-order chi connectivity index (χ1) is 26.6. The van der Waals surface area contributed by atoms with Gasteiger partial charge in [0.1, 0.15) is 5.58 Å². The number of hydrogen-bond acceptors (Lipinski definition) is 4. The number of pyridine rings is 2. The van der Waals surface area contributed by atoms with Gasteiger partial charge in [0, 0.05) is 60.2 Å². The predicted molar refractivity (Wildman–Crippen MR) is 226 cm³/mol. The number of nitrogens with zero attached hydrogens (tertiary/aromatic N) is 4. The summed E-state index contributed by atoms with van der Waals surface area (Å²) in [5.41, 5.74) is 10.9. The lowest BCUT2D eigenvalue weighted by molar-refractivity contribution is 0.663. The van der Waals surface area contributed by atoms with Gasteiger partial charge in [0.15, 0.2) is 17.2 Å². The zero-order chi connectivity index (χ0) is 35.7. The molecule has 0 radical (unpaired) electrons. The number of benzene rings is 6. The number of furan rings is 1. The zero-order valence-corrected chi connectivity index (χ0v) is 30.3. The van der Waals surface area contributed by atoms with Crippen LogP contribution >= 0.6 is 11.3 Å². The van der Waals surface area contributed by atoms with Crippen LogP contribution in [0.15, 0.2) is 150 Å². The number of hydrogen-bond donors (Lipinski definition) is 0. The van der Waals surface area contributed by atoms with E-state index in [9.17, 15) is 0 Å². The average molecular weight is 711 g/mol. The van der Waals surface area contributed by atoms with Crippen molar-refractivity contribution in [2.45, 2.75) is 13.8 Å². The third-order valence-corrected chi connectivity index (χ3v) is 12.4. The van der Waals surface area contributed by atoms with Gasteiger partial charge in [-0.3, -0.25) is 9.13 Å². The first-order valence-corrected chi connectivity index (χ1v) is 19.0. The summed E-state index contributed by atoms with van der Waals surface area (Å²) in [7, 11) is 0. The van der Waals surface area contributed by atoms with E-state index in [0.717, 1.165) is 55.6 Å². The van der Waals surface area contributed by atoms with E-state index in [4.69, 9.17) is 14.4 Å². The van der Waals surface area contributed by atoms with E-state index in [0.29, 0.717) is 0 Å². The molecule has 0 bridgehead atoms. The van der Waals surface area contributed by atoms with Crippen LogP contribution in [-0.4, -0.2) is 19.1 Å². The SMILES string of the molecule is Cc1ccc2c(c1)c1cc(-c3cc4c(cc3C)c3ccccc3n4-c3nccc4c3oc3ccccc34)ccc1n2-c1nccc2c1sc1ccccc12. The van der Waals surface area contributed by atoms with Crippen molar-refractivity contribution >= 4 is 97.1 Å². The summed E-state index contributed by atoms with van der Waals surface area (Å²) in [5.74, 6) is 1.77. The van der Waals surface area contributed by atoms with Crippen molar-refractivity contribution in [1.82, 2.24) is 19.1 Å². The first-order valence-electron chi connectivity index (χ1n) is 18.2. The molecule has 12 aromatic rings. The summed E-state index contributed by atoms with van der Waals surface area (Å²) in [6.45, 7) is 4.40. The number of fused-ring (bicyclic) bond motifs is 12. The largest absolute Gasteiger partial charge is 0.452 e. The third kappa shape index (κ3) is 4.03. The van der Waals surface area contributed by atoms with Crippen LogP contribution in [0.2, 0.25) is 0 Å². The summed E-state index contributed by atoms with van der Waals surface area (Å²) < 4.78 is 13.6. The van der Waals surface area contributed by atoms with Gasteiger partial charge in [0.2, 0.25) is 0 Å².